The van der Waals surface area contributed by atoms with Gasteiger partial charge in [-0.15, -0.1) is 17.9 Å². The molecule has 1 aromatic heterocycles. The summed E-state index contributed by atoms with van der Waals surface area (Å²) in [5.41, 5.74) is 1.88. The number of hydroxylamine groups is 2. The molecule has 28 heavy (non-hydrogen) atoms. The van der Waals surface area contributed by atoms with Crippen LogP contribution in [-0.2, 0) is 9.57 Å². The van der Waals surface area contributed by atoms with E-state index in [2.05, 4.69) is 16.6 Å². The van der Waals surface area contributed by atoms with Crippen molar-refractivity contribution < 1.29 is 19.2 Å². The van der Waals surface area contributed by atoms with Crippen molar-refractivity contribution in [1.82, 2.24) is 19.8 Å². The Bertz CT molecular complexity index is 845. The summed E-state index contributed by atoms with van der Waals surface area (Å²) in [6, 6.07) is -1.01. The van der Waals surface area contributed by atoms with Crippen LogP contribution < -0.4 is 0 Å². The number of carbonyl (C=O) groups is 2. The number of nitrogens with zero attached hydrogens (tertiary/aromatic N) is 5. The molecular weight excluding hydrogens is 382 g/mol. The number of aliphatic imine (C=N–C) groups is 1. The zero-order chi connectivity index (χ0) is 20.1. The van der Waals surface area contributed by atoms with E-state index in [1.54, 1.807) is 16.5 Å². The third-order valence-corrected chi connectivity index (χ3v) is 5.59. The summed E-state index contributed by atoms with van der Waals surface area (Å²) >= 11 is 1.48. The fraction of sp³-hybridized carbons (Fsp3) is 0.556. The van der Waals surface area contributed by atoms with Crippen LogP contribution in [0.25, 0.3) is 0 Å². The summed E-state index contributed by atoms with van der Waals surface area (Å²) in [4.78, 5) is 44.5. The van der Waals surface area contributed by atoms with Gasteiger partial charge in [-0.25, -0.2) is 14.6 Å². The van der Waals surface area contributed by atoms with Crippen molar-refractivity contribution in [3.63, 3.8) is 0 Å². The monoisotopic (exact) mass is 405 g/mol. The molecule has 9 nitrogen and oxygen atoms in total. The molecule has 0 aliphatic carbocycles. The molecule has 4 heterocycles. The highest BCUT2D eigenvalue weighted by molar-refractivity contribution is 7.09. The lowest BCUT2D eigenvalue weighted by molar-refractivity contribution is -0.118. The lowest BCUT2D eigenvalue weighted by Crippen LogP contribution is -2.47. The van der Waals surface area contributed by atoms with Gasteiger partial charge in [-0.2, -0.15) is 5.06 Å². The number of rotatable bonds is 4. The molecule has 150 valence electrons. The molecule has 3 aliphatic heterocycles. The van der Waals surface area contributed by atoms with Gasteiger partial charge in [-0.05, 0) is 20.8 Å². The van der Waals surface area contributed by atoms with E-state index in [9.17, 15) is 9.59 Å². The summed E-state index contributed by atoms with van der Waals surface area (Å²) in [5.74, 6) is 0.499. The Labute approximate surface area is 167 Å². The van der Waals surface area contributed by atoms with Crippen LogP contribution in [0, 0.1) is 0 Å². The predicted octanol–water partition coefficient (Wildman–Crippen LogP) is 2.74. The van der Waals surface area contributed by atoms with Gasteiger partial charge in [0.15, 0.2) is 0 Å². The molecule has 10 heteroatoms. The van der Waals surface area contributed by atoms with Gasteiger partial charge in [0.1, 0.15) is 23.5 Å². The fourth-order valence-electron chi connectivity index (χ4n) is 3.61. The zero-order valence-electron chi connectivity index (χ0n) is 16.1. The second-order valence-corrected chi connectivity index (χ2v) is 8.62. The average Bonchev–Trinajstić information content (AvgIpc) is 3.33. The number of carbonyl (C=O) groups excluding carboxylic acids is 2. The number of hydrogen-bond acceptors (Lipinski definition) is 7. The highest BCUT2D eigenvalue weighted by Crippen LogP contribution is 2.46. The van der Waals surface area contributed by atoms with E-state index in [1.807, 2.05) is 20.8 Å². The minimum absolute atomic E-state index is 0.219. The standard InChI is InChI=1S/C18H23N5O4S/c1-5-8-26-23-11-9-22(16(23)24)13(12-14(11)28-10-20-12)15-19-6-7-21(15)17(25)27-18(2,3)4/h5,10-11,13H,1,6-9H2,2-4H3/t11-,13?/m0/s1. The maximum Gasteiger partial charge on any atom is 0.415 e. The van der Waals surface area contributed by atoms with E-state index in [0.29, 0.717) is 25.5 Å². The third kappa shape index (κ3) is 3.06. The second kappa shape index (κ2) is 6.85. The Morgan fingerprint density at radius 2 is 2.25 bits per heavy atom. The first kappa shape index (κ1) is 18.9. The minimum Gasteiger partial charge on any atom is -0.443 e. The fourth-order valence-corrected chi connectivity index (χ4v) is 4.50. The molecule has 0 radical (unpaired) electrons. The van der Waals surface area contributed by atoms with Crippen LogP contribution >= 0.6 is 11.3 Å². The van der Waals surface area contributed by atoms with E-state index in [0.717, 1.165) is 10.6 Å². The maximum atomic E-state index is 13.0. The summed E-state index contributed by atoms with van der Waals surface area (Å²) in [6.07, 6.45) is 1.13. The van der Waals surface area contributed by atoms with E-state index < -0.39 is 17.7 Å². The molecular formula is C18H23N5O4S. The van der Waals surface area contributed by atoms with Crippen LogP contribution in [0.2, 0.25) is 0 Å². The topological polar surface area (TPSA) is 87.6 Å². The molecule has 1 saturated heterocycles. The first-order valence-electron chi connectivity index (χ1n) is 9.13. The molecule has 1 fully saturated rings. The highest BCUT2D eigenvalue weighted by Gasteiger charge is 2.53. The molecule has 0 saturated carbocycles. The first-order valence-corrected chi connectivity index (χ1v) is 10.0. The van der Waals surface area contributed by atoms with Crippen LogP contribution in [0.15, 0.2) is 23.2 Å². The third-order valence-electron chi connectivity index (χ3n) is 4.65. The van der Waals surface area contributed by atoms with Crippen LogP contribution in [-0.4, -0.2) is 69.6 Å². The molecule has 2 atom stereocenters. The Kier molecular flexibility index (Phi) is 4.62. The summed E-state index contributed by atoms with van der Waals surface area (Å²) < 4.78 is 5.53. The van der Waals surface area contributed by atoms with Crippen molar-refractivity contribution in [1.29, 1.82) is 0 Å². The number of thiazole rings is 1. The van der Waals surface area contributed by atoms with Gasteiger partial charge < -0.3 is 9.64 Å². The lowest BCUT2D eigenvalue weighted by atomic mass is 10.0. The van der Waals surface area contributed by atoms with E-state index >= 15 is 0 Å². The molecule has 0 spiro atoms. The summed E-state index contributed by atoms with van der Waals surface area (Å²) in [5, 5.41) is 1.38. The summed E-state index contributed by atoms with van der Waals surface area (Å²) in [7, 11) is 0. The van der Waals surface area contributed by atoms with Crippen molar-refractivity contribution in [2.75, 3.05) is 26.2 Å². The number of urea groups is 1. The SMILES string of the molecule is C=CCON1C(=O)N2C[C@H]1c1scnc1C2C1=NCCN1C(=O)OC(C)(C)C. The number of ether oxygens (including phenoxy) is 1. The van der Waals surface area contributed by atoms with Gasteiger partial charge in [-0.1, -0.05) is 6.08 Å². The maximum absolute atomic E-state index is 13.0. The second-order valence-electron chi connectivity index (χ2n) is 7.74. The largest absolute Gasteiger partial charge is 0.443 e. The Morgan fingerprint density at radius 1 is 1.46 bits per heavy atom. The Morgan fingerprint density at radius 3 is 2.96 bits per heavy atom. The molecule has 2 bridgehead atoms. The van der Waals surface area contributed by atoms with Crippen LogP contribution in [0.1, 0.15) is 43.4 Å². The molecule has 4 rings (SSSR count). The van der Waals surface area contributed by atoms with Crippen molar-refractivity contribution >= 4 is 29.3 Å². The van der Waals surface area contributed by atoms with Crippen LogP contribution in [0.3, 0.4) is 0 Å². The number of aromatic nitrogens is 1. The average molecular weight is 405 g/mol. The first-order chi connectivity index (χ1) is 13.3. The smallest absolute Gasteiger partial charge is 0.415 e. The van der Waals surface area contributed by atoms with E-state index in [-0.39, 0.29) is 18.7 Å². The quantitative estimate of drug-likeness (QED) is 0.719. The lowest BCUT2D eigenvalue weighted by Gasteiger charge is -2.33. The molecule has 1 aromatic rings. The summed E-state index contributed by atoms with van der Waals surface area (Å²) in [6.45, 7) is 10.7. The van der Waals surface area contributed by atoms with Crippen molar-refractivity contribution in [3.05, 3.63) is 28.7 Å². The minimum atomic E-state index is -0.618. The van der Waals surface area contributed by atoms with E-state index in [1.165, 1.54) is 21.3 Å². The van der Waals surface area contributed by atoms with Crippen LogP contribution in [0.5, 0.6) is 0 Å². The van der Waals surface area contributed by atoms with E-state index in [4.69, 9.17) is 9.57 Å². The van der Waals surface area contributed by atoms with Gasteiger partial charge in [0.05, 0.1) is 42.3 Å². The molecule has 1 unspecified atom stereocenters. The molecule has 0 aromatic carbocycles. The van der Waals surface area contributed by atoms with Gasteiger partial charge in [0.2, 0.25) is 0 Å². The molecule has 0 N–H and O–H groups in total. The number of amidine groups is 1. The molecule has 3 aliphatic rings. The van der Waals surface area contributed by atoms with Crippen molar-refractivity contribution in [2.24, 2.45) is 4.99 Å². The van der Waals surface area contributed by atoms with Gasteiger partial charge in [-0.3, -0.25) is 14.7 Å². The van der Waals surface area contributed by atoms with Gasteiger partial charge in [0.25, 0.3) is 0 Å². The number of amides is 3. The molecule has 3 amide bonds. The van der Waals surface area contributed by atoms with Gasteiger partial charge >= 0.3 is 12.1 Å². The zero-order valence-corrected chi connectivity index (χ0v) is 16.9. The van der Waals surface area contributed by atoms with Crippen molar-refractivity contribution in [2.45, 2.75) is 38.5 Å². The number of fused-ring (bicyclic) bond motifs is 4. The Hall–Kier alpha value is -2.46. The van der Waals surface area contributed by atoms with Crippen LogP contribution in [0.4, 0.5) is 9.59 Å². The Balaban J connectivity index is 1.66. The normalized spacial score (nSPS) is 23.8. The van der Waals surface area contributed by atoms with Gasteiger partial charge in [0, 0.05) is 0 Å². The predicted molar refractivity (Wildman–Crippen MR) is 103 cm³/mol. The van der Waals surface area contributed by atoms with Crippen molar-refractivity contribution in [3.8, 4) is 0 Å². The highest BCUT2D eigenvalue weighted by atomic mass is 32.1. The number of hydrogen-bond donors (Lipinski definition) is 0.